The number of likely N-dealkylation sites (tertiary alicyclic amines) is 1. The molecule has 2 heterocycles. The van der Waals surface area contributed by atoms with Gasteiger partial charge in [-0.3, -0.25) is 9.69 Å². The lowest BCUT2D eigenvalue weighted by atomic mass is 9.72. The lowest BCUT2D eigenvalue weighted by Crippen LogP contribution is -2.58. The largest absolute Gasteiger partial charge is 0.490 e. The maximum absolute atomic E-state index is 12.6. The van der Waals surface area contributed by atoms with Crippen LogP contribution in [-0.4, -0.2) is 51.7 Å². The van der Waals surface area contributed by atoms with Gasteiger partial charge in [0.25, 0.3) is 5.91 Å². The number of carboxylic acid groups (broad SMARTS) is 1. The minimum Gasteiger partial charge on any atom is -0.490 e. The van der Waals surface area contributed by atoms with E-state index in [9.17, 15) is 14.7 Å². The van der Waals surface area contributed by atoms with E-state index >= 15 is 0 Å². The van der Waals surface area contributed by atoms with E-state index < -0.39 is 11.6 Å². The van der Waals surface area contributed by atoms with Gasteiger partial charge in [0, 0.05) is 24.0 Å². The highest BCUT2D eigenvalue weighted by Crippen LogP contribution is 2.44. The van der Waals surface area contributed by atoms with Crippen molar-refractivity contribution >= 4 is 22.9 Å². The molecule has 7 heteroatoms. The number of pyridine rings is 1. The van der Waals surface area contributed by atoms with E-state index in [-0.39, 0.29) is 24.0 Å². The first-order valence-corrected chi connectivity index (χ1v) is 10.6. The molecule has 1 saturated heterocycles. The Labute approximate surface area is 176 Å². The van der Waals surface area contributed by atoms with Crippen molar-refractivity contribution < 1.29 is 19.4 Å². The summed E-state index contributed by atoms with van der Waals surface area (Å²) in [5, 5.41) is 13.6. The summed E-state index contributed by atoms with van der Waals surface area (Å²) in [6.45, 7) is 6.88. The van der Waals surface area contributed by atoms with Gasteiger partial charge in [0.1, 0.15) is 18.1 Å². The highest BCUT2D eigenvalue weighted by Gasteiger charge is 2.52. The van der Waals surface area contributed by atoms with Gasteiger partial charge in [-0.05, 0) is 43.2 Å². The van der Waals surface area contributed by atoms with E-state index in [1.807, 2.05) is 24.3 Å². The number of carbonyl (C=O) groups excluding carboxylic acids is 1. The number of ether oxygens (including phenoxy) is 1. The number of carbonyl (C=O) groups is 2. The highest BCUT2D eigenvalue weighted by molar-refractivity contribution is 5.97. The van der Waals surface area contributed by atoms with Gasteiger partial charge in [0.05, 0.1) is 11.1 Å². The molecule has 7 nitrogen and oxygen atoms in total. The zero-order valence-electron chi connectivity index (χ0n) is 17.8. The molecule has 160 valence electrons. The topological polar surface area (TPSA) is 91.8 Å². The highest BCUT2D eigenvalue weighted by atomic mass is 16.5. The van der Waals surface area contributed by atoms with Crippen molar-refractivity contribution in [2.75, 3.05) is 13.2 Å². The summed E-state index contributed by atoms with van der Waals surface area (Å²) in [5.74, 6) is 0.356. The van der Waals surface area contributed by atoms with Gasteiger partial charge in [0.2, 0.25) is 0 Å². The fourth-order valence-electron chi connectivity index (χ4n) is 4.37. The van der Waals surface area contributed by atoms with E-state index in [1.54, 1.807) is 6.07 Å². The van der Waals surface area contributed by atoms with Crippen molar-refractivity contribution in [3.63, 3.8) is 0 Å². The predicted molar refractivity (Wildman–Crippen MR) is 114 cm³/mol. The van der Waals surface area contributed by atoms with Crippen LogP contribution in [-0.2, 0) is 0 Å². The number of fused-ring (bicyclic) bond motifs is 1. The van der Waals surface area contributed by atoms with Gasteiger partial charge in [-0.15, -0.1) is 0 Å². The molecule has 4 rings (SSSR count). The van der Waals surface area contributed by atoms with Gasteiger partial charge in [-0.25, -0.2) is 9.78 Å². The standard InChI is InChI=1S/C23H29N3O4/c1-22(2,3)23(11-6-12-26(23)21(28)29)14-30-19-13-18(20(27)24-15-9-10-15)25-17-8-5-4-7-16(17)19/h4-5,7-8,13,15H,6,9-12,14H2,1-3H3,(H,24,27)(H,28,29). The fourth-order valence-corrected chi connectivity index (χ4v) is 4.37. The Hall–Kier alpha value is -2.83. The number of hydrogen-bond donors (Lipinski definition) is 2. The lowest BCUT2D eigenvalue weighted by Gasteiger charge is -2.46. The molecular weight excluding hydrogens is 382 g/mol. The Bertz CT molecular complexity index is 980. The molecule has 2 amide bonds. The third-order valence-electron chi connectivity index (χ3n) is 6.41. The molecule has 2 N–H and O–H groups in total. The molecule has 1 unspecified atom stereocenters. The molecule has 2 fully saturated rings. The molecule has 0 bridgehead atoms. The van der Waals surface area contributed by atoms with Crippen LogP contribution in [0, 0.1) is 5.41 Å². The van der Waals surface area contributed by atoms with E-state index in [2.05, 4.69) is 31.1 Å². The molecule has 2 aromatic rings. The number of nitrogens with zero attached hydrogens (tertiary/aromatic N) is 2. The second-order valence-corrected chi connectivity index (χ2v) is 9.38. The molecule has 0 spiro atoms. The van der Waals surface area contributed by atoms with Crippen molar-refractivity contribution in [2.45, 2.75) is 58.0 Å². The van der Waals surface area contributed by atoms with Gasteiger partial charge in [-0.1, -0.05) is 32.9 Å². The average Bonchev–Trinajstić information content (AvgIpc) is 3.39. The fraction of sp³-hybridized carbons (Fsp3) is 0.522. The van der Waals surface area contributed by atoms with Gasteiger partial charge >= 0.3 is 6.09 Å². The normalized spacial score (nSPS) is 21.6. The minimum atomic E-state index is -0.921. The van der Waals surface area contributed by atoms with Crippen molar-refractivity contribution in [3.05, 3.63) is 36.0 Å². The minimum absolute atomic E-state index is 0.202. The van der Waals surface area contributed by atoms with Crippen molar-refractivity contribution in [2.24, 2.45) is 5.41 Å². The van der Waals surface area contributed by atoms with Crippen LogP contribution in [0.3, 0.4) is 0 Å². The first-order chi connectivity index (χ1) is 14.2. The summed E-state index contributed by atoms with van der Waals surface area (Å²) in [6.07, 6.45) is 2.62. The van der Waals surface area contributed by atoms with Crippen LogP contribution in [0.15, 0.2) is 30.3 Å². The van der Waals surface area contributed by atoms with Gasteiger partial charge < -0.3 is 15.2 Å². The SMILES string of the molecule is CC(C)(C)C1(COc2cc(C(=O)NC3CC3)nc3ccccc23)CCCN1C(=O)O. The molecule has 1 aliphatic heterocycles. The van der Waals surface area contributed by atoms with Crippen molar-refractivity contribution in [3.8, 4) is 5.75 Å². The Morgan fingerprint density at radius 2 is 2.03 bits per heavy atom. The van der Waals surface area contributed by atoms with Gasteiger partial charge in [0.15, 0.2) is 0 Å². The zero-order chi connectivity index (χ0) is 21.5. The molecule has 30 heavy (non-hydrogen) atoms. The third kappa shape index (κ3) is 3.68. The number of amides is 2. The number of para-hydroxylation sites is 1. The number of nitrogens with one attached hydrogen (secondary N) is 1. The zero-order valence-corrected chi connectivity index (χ0v) is 17.8. The Kier molecular flexibility index (Phi) is 5.08. The monoisotopic (exact) mass is 411 g/mol. The molecule has 1 aromatic heterocycles. The van der Waals surface area contributed by atoms with Crippen LogP contribution in [0.2, 0.25) is 0 Å². The predicted octanol–water partition coefficient (Wildman–Crippen LogP) is 4.06. The summed E-state index contributed by atoms with van der Waals surface area (Å²) < 4.78 is 6.30. The summed E-state index contributed by atoms with van der Waals surface area (Å²) in [7, 11) is 0. The van der Waals surface area contributed by atoms with E-state index in [0.29, 0.717) is 23.5 Å². The van der Waals surface area contributed by atoms with Gasteiger partial charge in [-0.2, -0.15) is 0 Å². The quantitative estimate of drug-likeness (QED) is 0.774. The van der Waals surface area contributed by atoms with E-state index in [0.717, 1.165) is 31.1 Å². The Morgan fingerprint density at radius 3 is 2.70 bits per heavy atom. The molecule has 1 atom stereocenters. The Morgan fingerprint density at radius 1 is 1.30 bits per heavy atom. The van der Waals surface area contributed by atoms with Crippen LogP contribution in [0.4, 0.5) is 4.79 Å². The Balaban J connectivity index is 1.68. The van der Waals surface area contributed by atoms with Crippen molar-refractivity contribution in [1.82, 2.24) is 15.2 Å². The number of rotatable bonds is 5. The lowest BCUT2D eigenvalue weighted by molar-refractivity contribution is -0.00332. The first-order valence-electron chi connectivity index (χ1n) is 10.6. The average molecular weight is 412 g/mol. The first kappa shape index (κ1) is 20.4. The van der Waals surface area contributed by atoms with Crippen LogP contribution in [0.5, 0.6) is 5.75 Å². The maximum Gasteiger partial charge on any atom is 0.407 e. The summed E-state index contributed by atoms with van der Waals surface area (Å²) in [5.41, 5.74) is 0.0560. The van der Waals surface area contributed by atoms with Crippen LogP contribution in [0.1, 0.15) is 56.9 Å². The molecule has 1 aliphatic carbocycles. The summed E-state index contributed by atoms with van der Waals surface area (Å²) in [6, 6.07) is 9.46. The molecule has 2 aliphatic rings. The van der Waals surface area contributed by atoms with Crippen LogP contribution >= 0.6 is 0 Å². The smallest absolute Gasteiger partial charge is 0.407 e. The number of hydrogen-bond acceptors (Lipinski definition) is 4. The second kappa shape index (κ2) is 7.45. The molecule has 0 radical (unpaired) electrons. The van der Waals surface area contributed by atoms with E-state index in [4.69, 9.17) is 4.74 Å². The molecule has 1 aromatic carbocycles. The molecule has 1 saturated carbocycles. The summed E-state index contributed by atoms with van der Waals surface area (Å²) >= 11 is 0. The van der Waals surface area contributed by atoms with E-state index in [1.165, 1.54) is 4.90 Å². The summed E-state index contributed by atoms with van der Waals surface area (Å²) in [4.78, 5) is 30.6. The van der Waals surface area contributed by atoms with Crippen LogP contribution in [0.25, 0.3) is 10.9 Å². The second-order valence-electron chi connectivity index (χ2n) is 9.38. The number of aromatic nitrogens is 1. The number of benzene rings is 1. The van der Waals surface area contributed by atoms with Crippen molar-refractivity contribution in [1.29, 1.82) is 0 Å². The molecular formula is C23H29N3O4. The third-order valence-corrected chi connectivity index (χ3v) is 6.41. The maximum atomic E-state index is 12.6. The van der Waals surface area contributed by atoms with Crippen LogP contribution < -0.4 is 10.1 Å².